The molecule has 0 unspecified atom stereocenters. The Morgan fingerprint density at radius 1 is 1.13 bits per heavy atom. The molecule has 23 heavy (non-hydrogen) atoms. The van der Waals surface area contributed by atoms with Crippen molar-refractivity contribution in [1.82, 2.24) is 10.2 Å². The molecule has 0 saturated carbocycles. The van der Waals surface area contributed by atoms with Gasteiger partial charge in [0, 0.05) is 31.2 Å². The van der Waals surface area contributed by atoms with Crippen LogP contribution in [0.15, 0.2) is 42.5 Å². The van der Waals surface area contributed by atoms with E-state index >= 15 is 0 Å². The van der Waals surface area contributed by atoms with Gasteiger partial charge < -0.3 is 10.2 Å². The molecule has 0 radical (unpaired) electrons. The first-order valence-electron chi connectivity index (χ1n) is 7.97. The summed E-state index contributed by atoms with van der Waals surface area (Å²) in [5.74, 6) is 0.160. The van der Waals surface area contributed by atoms with Crippen LogP contribution in [0.2, 0.25) is 0 Å². The molecule has 0 bridgehead atoms. The van der Waals surface area contributed by atoms with Gasteiger partial charge in [-0.05, 0) is 47.7 Å². The Hall–Kier alpha value is -1.84. The maximum atomic E-state index is 12.8. The number of hydrogen-bond donors (Lipinski definition) is 1. The average Bonchev–Trinajstić information content (AvgIpc) is 2.92. The Morgan fingerprint density at radius 3 is 2.74 bits per heavy atom. The van der Waals surface area contributed by atoms with E-state index in [4.69, 9.17) is 0 Å². The molecule has 1 aliphatic heterocycles. The number of benzene rings is 2. The molecule has 2 aromatic carbocycles. The monoisotopic (exact) mass is 328 g/mol. The van der Waals surface area contributed by atoms with Crippen molar-refractivity contribution in [2.45, 2.75) is 19.4 Å². The highest BCUT2D eigenvalue weighted by atomic mass is 35.5. The van der Waals surface area contributed by atoms with Crippen LogP contribution in [0.1, 0.15) is 28.4 Å². The lowest BCUT2D eigenvalue weighted by Gasteiger charge is -2.34. The molecule has 4 heteroatoms. The standard InChI is InChI=1S/C19H20N2O.ClH/c1-13-12-20-8-9-21(13)19(22)15-6-7-18-16(11-15)10-14-4-2-3-5-17(14)18;/h2-7,11,13,20H,8-10,12H2,1H3;1H/t13-;/m1./s1. The molecule has 1 aliphatic carbocycles. The summed E-state index contributed by atoms with van der Waals surface area (Å²) in [5.41, 5.74) is 6.04. The summed E-state index contributed by atoms with van der Waals surface area (Å²) in [6.45, 7) is 4.65. The fourth-order valence-corrected chi connectivity index (χ4v) is 3.59. The van der Waals surface area contributed by atoms with Crippen molar-refractivity contribution in [3.63, 3.8) is 0 Å². The lowest BCUT2D eigenvalue weighted by molar-refractivity contribution is 0.0655. The zero-order chi connectivity index (χ0) is 15.1. The summed E-state index contributed by atoms with van der Waals surface area (Å²) < 4.78 is 0. The molecule has 1 fully saturated rings. The molecule has 1 heterocycles. The smallest absolute Gasteiger partial charge is 0.254 e. The van der Waals surface area contributed by atoms with Crippen molar-refractivity contribution < 1.29 is 4.79 Å². The topological polar surface area (TPSA) is 32.3 Å². The molecule has 0 spiro atoms. The molecule has 120 valence electrons. The van der Waals surface area contributed by atoms with Gasteiger partial charge in [-0.3, -0.25) is 4.79 Å². The number of rotatable bonds is 1. The quantitative estimate of drug-likeness (QED) is 0.744. The number of nitrogens with one attached hydrogen (secondary N) is 1. The molecule has 1 N–H and O–H groups in total. The van der Waals surface area contributed by atoms with E-state index in [1.807, 2.05) is 11.0 Å². The van der Waals surface area contributed by atoms with E-state index in [1.54, 1.807) is 0 Å². The second kappa shape index (κ2) is 6.34. The number of nitrogens with zero attached hydrogens (tertiary/aromatic N) is 1. The summed E-state index contributed by atoms with van der Waals surface area (Å²) in [6, 6.07) is 14.9. The minimum absolute atomic E-state index is 0. The summed E-state index contributed by atoms with van der Waals surface area (Å²) in [5, 5.41) is 3.33. The van der Waals surface area contributed by atoms with E-state index in [0.717, 1.165) is 31.6 Å². The van der Waals surface area contributed by atoms with Crippen molar-refractivity contribution in [1.29, 1.82) is 0 Å². The third-order valence-electron chi connectivity index (χ3n) is 4.80. The fourth-order valence-electron chi connectivity index (χ4n) is 3.59. The van der Waals surface area contributed by atoms with Crippen molar-refractivity contribution in [2.24, 2.45) is 0 Å². The van der Waals surface area contributed by atoms with Crippen LogP contribution >= 0.6 is 12.4 Å². The predicted molar refractivity (Wildman–Crippen MR) is 95.3 cm³/mol. The Labute approximate surface area is 143 Å². The van der Waals surface area contributed by atoms with Gasteiger partial charge in [0.2, 0.25) is 0 Å². The Morgan fingerprint density at radius 2 is 1.91 bits per heavy atom. The molecular formula is C19H21ClN2O. The molecule has 1 amide bonds. The van der Waals surface area contributed by atoms with Crippen LogP contribution in [-0.2, 0) is 6.42 Å². The van der Waals surface area contributed by atoms with Gasteiger partial charge >= 0.3 is 0 Å². The zero-order valence-corrected chi connectivity index (χ0v) is 14.0. The molecule has 1 atom stereocenters. The largest absolute Gasteiger partial charge is 0.333 e. The number of fused-ring (bicyclic) bond motifs is 3. The van der Waals surface area contributed by atoms with Crippen LogP contribution in [0, 0.1) is 0 Å². The van der Waals surface area contributed by atoms with Gasteiger partial charge in [0.25, 0.3) is 5.91 Å². The summed E-state index contributed by atoms with van der Waals surface area (Å²) in [6.07, 6.45) is 0.934. The molecule has 2 aromatic rings. The lowest BCUT2D eigenvalue weighted by Crippen LogP contribution is -2.52. The van der Waals surface area contributed by atoms with Crippen LogP contribution in [0.25, 0.3) is 11.1 Å². The van der Waals surface area contributed by atoms with E-state index < -0.39 is 0 Å². The molecule has 1 saturated heterocycles. The van der Waals surface area contributed by atoms with Crippen LogP contribution in [0.5, 0.6) is 0 Å². The number of carbonyl (C=O) groups excluding carboxylic acids is 1. The number of halogens is 1. The third kappa shape index (κ3) is 2.75. The van der Waals surface area contributed by atoms with Gasteiger partial charge in [0.15, 0.2) is 0 Å². The fraction of sp³-hybridized carbons (Fsp3) is 0.316. The number of carbonyl (C=O) groups is 1. The highest BCUT2D eigenvalue weighted by Crippen LogP contribution is 2.36. The van der Waals surface area contributed by atoms with Gasteiger partial charge in [-0.2, -0.15) is 0 Å². The second-order valence-corrected chi connectivity index (χ2v) is 6.26. The molecular weight excluding hydrogens is 308 g/mol. The van der Waals surface area contributed by atoms with Crippen molar-refractivity contribution in [3.8, 4) is 11.1 Å². The minimum atomic E-state index is 0. The maximum Gasteiger partial charge on any atom is 0.254 e. The average molecular weight is 329 g/mol. The van der Waals surface area contributed by atoms with Crippen LogP contribution in [0.3, 0.4) is 0 Å². The SMILES string of the molecule is C[C@@H]1CNCCN1C(=O)c1ccc2c(c1)Cc1ccccc1-2.Cl. The summed E-state index contributed by atoms with van der Waals surface area (Å²) in [4.78, 5) is 14.8. The van der Waals surface area contributed by atoms with E-state index in [-0.39, 0.29) is 24.4 Å². The van der Waals surface area contributed by atoms with E-state index in [1.165, 1.54) is 22.3 Å². The lowest BCUT2D eigenvalue weighted by atomic mass is 10.0. The van der Waals surface area contributed by atoms with Crippen LogP contribution in [0.4, 0.5) is 0 Å². The third-order valence-corrected chi connectivity index (χ3v) is 4.80. The number of hydrogen-bond acceptors (Lipinski definition) is 2. The van der Waals surface area contributed by atoms with E-state index in [9.17, 15) is 4.79 Å². The molecule has 4 rings (SSSR count). The summed E-state index contributed by atoms with van der Waals surface area (Å²) in [7, 11) is 0. The first-order chi connectivity index (χ1) is 10.7. The predicted octanol–water partition coefficient (Wildman–Crippen LogP) is 3.11. The first kappa shape index (κ1) is 16.0. The van der Waals surface area contributed by atoms with Gasteiger partial charge in [-0.25, -0.2) is 0 Å². The molecule has 2 aliphatic rings. The Bertz CT molecular complexity index is 744. The number of piperazine rings is 1. The number of amides is 1. The van der Waals surface area contributed by atoms with Crippen molar-refractivity contribution in [3.05, 3.63) is 59.2 Å². The second-order valence-electron chi connectivity index (χ2n) is 6.26. The maximum absolute atomic E-state index is 12.8. The summed E-state index contributed by atoms with van der Waals surface area (Å²) >= 11 is 0. The zero-order valence-electron chi connectivity index (χ0n) is 13.2. The molecule has 3 nitrogen and oxygen atoms in total. The minimum Gasteiger partial charge on any atom is -0.333 e. The van der Waals surface area contributed by atoms with E-state index in [0.29, 0.717) is 0 Å². The highest BCUT2D eigenvalue weighted by molar-refractivity contribution is 5.96. The molecule has 0 aromatic heterocycles. The Kier molecular flexibility index (Phi) is 4.42. The van der Waals surface area contributed by atoms with Crippen molar-refractivity contribution >= 4 is 18.3 Å². The van der Waals surface area contributed by atoms with Gasteiger partial charge in [0.05, 0.1) is 0 Å². The van der Waals surface area contributed by atoms with Crippen LogP contribution in [-0.4, -0.2) is 36.5 Å². The van der Waals surface area contributed by atoms with Gasteiger partial charge in [0.1, 0.15) is 0 Å². The first-order valence-corrected chi connectivity index (χ1v) is 7.97. The highest BCUT2D eigenvalue weighted by Gasteiger charge is 2.25. The van der Waals surface area contributed by atoms with Crippen LogP contribution < -0.4 is 5.32 Å². The van der Waals surface area contributed by atoms with Crippen molar-refractivity contribution in [2.75, 3.05) is 19.6 Å². The van der Waals surface area contributed by atoms with Gasteiger partial charge in [-0.15, -0.1) is 12.4 Å². The van der Waals surface area contributed by atoms with Gasteiger partial charge in [-0.1, -0.05) is 30.3 Å². The normalized spacial score (nSPS) is 18.8. The van der Waals surface area contributed by atoms with E-state index in [2.05, 4.69) is 48.6 Å². The Balaban J connectivity index is 0.00000156.